The molecule has 1 heterocycles. The minimum Gasteiger partial charge on any atom is -0.308 e. The minimum atomic E-state index is -0.910. The maximum atomic E-state index is 13.7. The number of hydrogen-bond donors (Lipinski definition) is 3. The van der Waals surface area contributed by atoms with Gasteiger partial charge in [0.25, 0.3) is 5.56 Å². The average Bonchev–Trinajstić information content (AvgIpc) is 2.74. The van der Waals surface area contributed by atoms with Crippen molar-refractivity contribution in [2.45, 2.75) is 6.42 Å². The third-order valence-corrected chi connectivity index (χ3v) is 5.26. The van der Waals surface area contributed by atoms with Gasteiger partial charge in [0, 0.05) is 33.6 Å². The van der Waals surface area contributed by atoms with Gasteiger partial charge in [-0.25, -0.2) is 18.7 Å². The lowest BCUT2D eigenvalue weighted by molar-refractivity contribution is 0.262. The van der Waals surface area contributed by atoms with Crippen LogP contribution in [-0.4, -0.2) is 16.2 Å². The number of H-pyrrole nitrogens is 1. The van der Waals surface area contributed by atoms with Crippen LogP contribution in [0.2, 0.25) is 10.0 Å². The number of fused-ring (bicyclic) bond motifs is 1. The molecule has 32 heavy (non-hydrogen) atoms. The van der Waals surface area contributed by atoms with Crippen molar-refractivity contribution in [1.29, 1.82) is 0 Å². The molecule has 6 nitrogen and oxygen atoms in total. The van der Waals surface area contributed by atoms with Gasteiger partial charge in [0.15, 0.2) is 0 Å². The predicted octanol–water partition coefficient (Wildman–Crippen LogP) is 5.74. The van der Waals surface area contributed by atoms with Gasteiger partial charge in [-0.05, 0) is 42.0 Å². The fourth-order valence-corrected chi connectivity index (χ4v) is 3.63. The number of carbonyl (C=O) groups is 1. The first-order valence-corrected chi connectivity index (χ1v) is 10.0. The monoisotopic (exact) mass is 474 g/mol. The Morgan fingerprint density at radius 3 is 2.53 bits per heavy atom. The molecule has 0 saturated carbocycles. The van der Waals surface area contributed by atoms with Gasteiger partial charge < -0.3 is 10.6 Å². The van der Waals surface area contributed by atoms with Gasteiger partial charge in [-0.2, -0.15) is 5.10 Å². The summed E-state index contributed by atoms with van der Waals surface area (Å²) in [4.78, 5) is 24.5. The highest BCUT2D eigenvalue weighted by Crippen LogP contribution is 2.26. The van der Waals surface area contributed by atoms with Crippen molar-refractivity contribution in [1.82, 2.24) is 10.2 Å². The van der Waals surface area contributed by atoms with Crippen LogP contribution in [0.1, 0.15) is 11.3 Å². The second kappa shape index (κ2) is 8.94. The van der Waals surface area contributed by atoms with E-state index >= 15 is 0 Å². The van der Waals surface area contributed by atoms with Crippen molar-refractivity contribution in [3.63, 3.8) is 0 Å². The Morgan fingerprint density at radius 2 is 1.78 bits per heavy atom. The minimum absolute atomic E-state index is 0.186. The van der Waals surface area contributed by atoms with E-state index in [1.807, 2.05) is 0 Å². The molecular formula is C22H14Cl2F2N4O2. The molecule has 162 valence electrons. The molecule has 3 aromatic carbocycles. The molecule has 0 aliphatic heterocycles. The average molecular weight is 475 g/mol. The number of nitrogens with zero attached hydrogens (tertiary/aromatic N) is 1. The SMILES string of the molecule is O=C(Nc1ccc2c(Cc3ccc(Cl)cc3Cl)n[nH]c(=O)c2c1)Nc1ccc(F)cc1F. The molecule has 2 amide bonds. The fourth-order valence-electron chi connectivity index (χ4n) is 3.16. The summed E-state index contributed by atoms with van der Waals surface area (Å²) in [5.41, 5.74) is 1.02. The number of aromatic nitrogens is 2. The Kier molecular flexibility index (Phi) is 6.07. The van der Waals surface area contributed by atoms with E-state index in [1.165, 1.54) is 6.07 Å². The van der Waals surface area contributed by atoms with Crippen molar-refractivity contribution in [3.05, 3.63) is 97.9 Å². The smallest absolute Gasteiger partial charge is 0.308 e. The summed E-state index contributed by atoms with van der Waals surface area (Å²) in [5.74, 6) is -1.67. The molecular weight excluding hydrogens is 461 g/mol. The number of halogens is 4. The van der Waals surface area contributed by atoms with Crippen LogP contribution in [0.15, 0.2) is 59.4 Å². The van der Waals surface area contributed by atoms with Gasteiger partial charge in [0.1, 0.15) is 11.6 Å². The molecule has 3 N–H and O–H groups in total. The van der Waals surface area contributed by atoms with E-state index in [4.69, 9.17) is 23.2 Å². The van der Waals surface area contributed by atoms with Crippen molar-refractivity contribution in [2.24, 2.45) is 0 Å². The van der Waals surface area contributed by atoms with Gasteiger partial charge in [-0.1, -0.05) is 35.3 Å². The molecule has 4 rings (SSSR count). The molecule has 0 spiro atoms. The Hall–Kier alpha value is -3.49. The van der Waals surface area contributed by atoms with Crippen LogP contribution in [0.3, 0.4) is 0 Å². The molecule has 0 radical (unpaired) electrons. The Bertz CT molecular complexity index is 1410. The molecule has 0 saturated heterocycles. The molecule has 0 fully saturated rings. The number of hydrogen-bond acceptors (Lipinski definition) is 3. The van der Waals surface area contributed by atoms with Crippen LogP contribution < -0.4 is 16.2 Å². The van der Waals surface area contributed by atoms with Crippen molar-refractivity contribution in [3.8, 4) is 0 Å². The van der Waals surface area contributed by atoms with Crippen LogP contribution in [0.25, 0.3) is 10.8 Å². The number of carbonyl (C=O) groups excluding carboxylic acids is 1. The second-order valence-corrected chi connectivity index (χ2v) is 7.72. The van der Waals surface area contributed by atoms with E-state index in [0.717, 1.165) is 17.7 Å². The van der Waals surface area contributed by atoms with Gasteiger partial charge in [-0.3, -0.25) is 4.79 Å². The second-order valence-electron chi connectivity index (χ2n) is 6.88. The first kappa shape index (κ1) is 21.7. The highest BCUT2D eigenvalue weighted by molar-refractivity contribution is 6.35. The molecule has 0 unspecified atom stereocenters. The summed E-state index contributed by atoms with van der Waals surface area (Å²) < 4.78 is 26.7. The van der Waals surface area contributed by atoms with Gasteiger partial charge in [0.2, 0.25) is 0 Å². The zero-order valence-electron chi connectivity index (χ0n) is 16.2. The van der Waals surface area contributed by atoms with Gasteiger partial charge in [-0.15, -0.1) is 0 Å². The zero-order chi connectivity index (χ0) is 22.8. The first-order valence-electron chi connectivity index (χ1n) is 9.28. The summed E-state index contributed by atoms with van der Waals surface area (Å²) in [7, 11) is 0. The lowest BCUT2D eigenvalue weighted by atomic mass is 10.0. The van der Waals surface area contributed by atoms with E-state index in [9.17, 15) is 18.4 Å². The number of amides is 2. The standard InChI is InChI=1S/C22H14Cl2F2N4O2/c23-12-2-1-11(17(24)8-12)7-20-15-5-4-14(10-16(15)21(31)30-29-20)27-22(32)28-19-6-3-13(25)9-18(19)26/h1-6,8-10H,7H2,(H,30,31)(H2,27,28,32). The van der Waals surface area contributed by atoms with Crippen LogP contribution in [-0.2, 0) is 6.42 Å². The normalized spacial score (nSPS) is 10.9. The summed E-state index contributed by atoms with van der Waals surface area (Å²) >= 11 is 12.2. The van der Waals surface area contributed by atoms with Crippen LogP contribution in [0, 0.1) is 11.6 Å². The number of anilines is 2. The summed E-state index contributed by atoms with van der Waals surface area (Å²) in [5, 5.41) is 13.2. The molecule has 10 heteroatoms. The fraction of sp³-hybridized carbons (Fsp3) is 0.0455. The van der Waals surface area contributed by atoms with Crippen LogP contribution >= 0.6 is 23.2 Å². The molecule has 1 aromatic heterocycles. The maximum absolute atomic E-state index is 13.7. The van der Waals surface area contributed by atoms with Crippen LogP contribution in [0.5, 0.6) is 0 Å². The number of rotatable bonds is 4. The molecule has 0 atom stereocenters. The first-order chi connectivity index (χ1) is 15.3. The summed E-state index contributed by atoms with van der Waals surface area (Å²) in [6.07, 6.45) is 0.348. The van der Waals surface area contributed by atoms with Gasteiger partial charge in [0.05, 0.1) is 16.8 Å². The Labute approximate surface area is 190 Å². The number of benzene rings is 3. The van der Waals surface area contributed by atoms with E-state index in [2.05, 4.69) is 20.8 Å². The maximum Gasteiger partial charge on any atom is 0.323 e. The van der Waals surface area contributed by atoms with Gasteiger partial charge >= 0.3 is 6.03 Å². The number of nitrogens with one attached hydrogen (secondary N) is 3. The molecule has 0 aliphatic carbocycles. The number of aromatic amines is 1. The molecule has 0 aliphatic rings. The summed E-state index contributed by atoms with van der Waals surface area (Å²) in [6, 6.07) is 11.8. The predicted molar refractivity (Wildman–Crippen MR) is 121 cm³/mol. The summed E-state index contributed by atoms with van der Waals surface area (Å²) in [6.45, 7) is 0. The highest BCUT2D eigenvalue weighted by atomic mass is 35.5. The van der Waals surface area contributed by atoms with E-state index in [-0.39, 0.29) is 5.69 Å². The van der Waals surface area contributed by atoms with Crippen molar-refractivity contribution >= 4 is 51.4 Å². The largest absolute Gasteiger partial charge is 0.323 e. The van der Waals surface area contributed by atoms with Crippen molar-refractivity contribution in [2.75, 3.05) is 10.6 Å². The van der Waals surface area contributed by atoms with E-state index < -0.39 is 23.2 Å². The Balaban J connectivity index is 1.59. The van der Waals surface area contributed by atoms with E-state index in [1.54, 1.807) is 30.3 Å². The highest BCUT2D eigenvalue weighted by Gasteiger charge is 2.13. The van der Waals surface area contributed by atoms with E-state index in [0.29, 0.717) is 44.7 Å². The molecule has 4 aromatic rings. The Morgan fingerprint density at radius 1 is 0.969 bits per heavy atom. The van der Waals surface area contributed by atoms with Crippen LogP contribution in [0.4, 0.5) is 25.0 Å². The lowest BCUT2D eigenvalue weighted by Crippen LogP contribution is -2.20. The third-order valence-electron chi connectivity index (χ3n) is 4.68. The lowest BCUT2D eigenvalue weighted by Gasteiger charge is -2.11. The topological polar surface area (TPSA) is 86.9 Å². The number of urea groups is 1. The third kappa shape index (κ3) is 4.71. The zero-order valence-corrected chi connectivity index (χ0v) is 17.7. The molecule has 0 bridgehead atoms. The quantitative estimate of drug-likeness (QED) is 0.352. The van der Waals surface area contributed by atoms with Crippen molar-refractivity contribution < 1.29 is 13.6 Å².